The molecule has 0 aliphatic heterocycles. The van der Waals surface area contributed by atoms with Crippen LogP contribution in [0.25, 0.3) is 0 Å². The van der Waals surface area contributed by atoms with E-state index in [9.17, 15) is 10.1 Å². The Labute approximate surface area is 156 Å². The molecular weight excluding hydrogens is 354 g/mol. The zero-order chi connectivity index (χ0) is 19.8. The van der Waals surface area contributed by atoms with Gasteiger partial charge in [-0.05, 0) is 17.7 Å². The highest BCUT2D eigenvalue weighted by Gasteiger charge is 2.18. The Morgan fingerprint density at radius 2 is 1.63 bits per heavy atom. The van der Waals surface area contributed by atoms with E-state index in [2.05, 4.69) is 10.5 Å². The third-order valence-electron chi connectivity index (χ3n) is 3.75. The first-order chi connectivity index (χ1) is 13.0. The fourth-order valence-electron chi connectivity index (χ4n) is 2.39. The average Bonchev–Trinajstić information content (AvgIpc) is 2.70. The number of rotatable bonds is 9. The fourth-order valence-corrected chi connectivity index (χ4v) is 2.39. The molecule has 0 spiro atoms. The fraction of sp³-hybridized carbons (Fsp3) is 0.278. The summed E-state index contributed by atoms with van der Waals surface area (Å²) in [5.74, 6) is 1.79. The average molecular weight is 375 g/mol. The van der Waals surface area contributed by atoms with E-state index >= 15 is 0 Å². The number of hydrogen-bond donors (Lipinski definition) is 1. The van der Waals surface area contributed by atoms with E-state index in [0.29, 0.717) is 29.4 Å². The van der Waals surface area contributed by atoms with E-state index in [0.717, 1.165) is 5.56 Å². The Balaban J connectivity index is 2.14. The monoisotopic (exact) mass is 375 g/mol. The summed E-state index contributed by atoms with van der Waals surface area (Å²) in [6.07, 6.45) is 1.45. The number of hydrogen-bond acceptors (Lipinski definition) is 8. The molecule has 0 fully saturated rings. The van der Waals surface area contributed by atoms with Crippen LogP contribution in [0, 0.1) is 10.1 Å². The maximum atomic E-state index is 11.2. The summed E-state index contributed by atoms with van der Waals surface area (Å²) in [4.78, 5) is 10.6. The summed E-state index contributed by atoms with van der Waals surface area (Å²) in [5.41, 5.74) is 4.09. The van der Waals surface area contributed by atoms with E-state index in [-0.39, 0.29) is 11.4 Å². The lowest BCUT2D eigenvalue weighted by Gasteiger charge is -2.10. The summed E-state index contributed by atoms with van der Waals surface area (Å²) in [6, 6.07) is 8.31. The van der Waals surface area contributed by atoms with Crippen LogP contribution in [-0.2, 0) is 6.54 Å². The molecule has 9 heteroatoms. The largest absolute Gasteiger partial charge is 0.496 e. The van der Waals surface area contributed by atoms with Crippen LogP contribution in [0.5, 0.6) is 23.0 Å². The highest BCUT2D eigenvalue weighted by Crippen LogP contribution is 2.33. The molecule has 2 aromatic carbocycles. The predicted molar refractivity (Wildman–Crippen MR) is 100 cm³/mol. The minimum atomic E-state index is -0.521. The maximum Gasteiger partial charge on any atom is 0.311 e. The van der Waals surface area contributed by atoms with Crippen molar-refractivity contribution in [3.63, 3.8) is 0 Å². The molecule has 0 bridgehead atoms. The van der Waals surface area contributed by atoms with Gasteiger partial charge in [-0.25, -0.2) is 0 Å². The molecule has 1 N–H and O–H groups in total. The van der Waals surface area contributed by atoms with Crippen LogP contribution in [0.1, 0.15) is 11.1 Å². The molecule has 144 valence electrons. The molecule has 2 rings (SSSR count). The molecule has 0 radical (unpaired) electrons. The number of methoxy groups -OCH3 is 4. The van der Waals surface area contributed by atoms with Crippen LogP contribution in [-0.4, -0.2) is 39.6 Å². The third kappa shape index (κ3) is 4.78. The topological polar surface area (TPSA) is 104 Å². The van der Waals surface area contributed by atoms with Gasteiger partial charge in [-0.3, -0.25) is 10.1 Å². The van der Waals surface area contributed by atoms with Crippen LogP contribution in [0.4, 0.5) is 5.69 Å². The second-order valence-corrected chi connectivity index (χ2v) is 5.31. The molecule has 0 aliphatic rings. The van der Waals surface area contributed by atoms with E-state index in [1.807, 2.05) is 12.1 Å². The van der Waals surface area contributed by atoms with Crippen LogP contribution >= 0.6 is 0 Å². The van der Waals surface area contributed by atoms with E-state index in [1.165, 1.54) is 32.6 Å². The molecule has 2 aromatic rings. The number of nitro groups is 1. The second kappa shape index (κ2) is 9.27. The van der Waals surface area contributed by atoms with Crippen LogP contribution in [0.3, 0.4) is 0 Å². The molecule has 9 nitrogen and oxygen atoms in total. The zero-order valence-corrected chi connectivity index (χ0v) is 15.5. The van der Waals surface area contributed by atoms with Crippen molar-refractivity contribution >= 4 is 11.9 Å². The van der Waals surface area contributed by atoms with Crippen molar-refractivity contribution in [2.45, 2.75) is 6.54 Å². The number of nitro benzene ring substituents is 1. The minimum absolute atomic E-state index is 0.118. The first kappa shape index (κ1) is 19.8. The van der Waals surface area contributed by atoms with E-state index in [1.54, 1.807) is 20.3 Å². The molecule has 0 aromatic heterocycles. The summed E-state index contributed by atoms with van der Waals surface area (Å²) in [7, 11) is 5.97. The van der Waals surface area contributed by atoms with Crippen LogP contribution in [0.2, 0.25) is 0 Å². The van der Waals surface area contributed by atoms with Crippen molar-refractivity contribution in [3.8, 4) is 23.0 Å². The zero-order valence-electron chi connectivity index (χ0n) is 15.5. The van der Waals surface area contributed by atoms with Gasteiger partial charge in [0.25, 0.3) is 0 Å². The number of ether oxygens (including phenoxy) is 4. The van der Waals surface area contributed by atoms with Gasteiger partial charge < -0.3 is 24.4 Å². The van der Waals surface area contributed by atoms with Gasteiger partial charge >= 0.3 is 5.69 Å². The van der Waals surface area contributed by atoms with Crippen molar-refractivity contribution in [1.29, 1.82) is 0 Å². The van der Waals surface area contributed by atoms with Crippen molar-refractivity contribution < 1.29 is 23.9 Å². The SMILES string of the molecule is COc1cc(OC)c([N+](=O)[O-])cc1/C=N/NCc1ccc(OC)c(OC)c1. The van der Waals surface area contributed by atoms with Gasteiger partial charge in [0.05, 0.1) is 46.1 Å². The molecular formula is C18H21N3O6. The Kier molecular flexibility index (Phi) is 6.81. The standard InChI is InChI=1S/C18H21N3O6/c1-24-15-6-5-12(7-18(15)27-4)10-19-20-11-13-8-14(21(22)23)17(26-3)9-16(13)25-2/h5-9,11,19H,10H2,1-4H3/b20-11+. The number of hydrazone groups is 1. The number of benzene rings is 2. The summed E-state index contributed by atoms with van der Waals surface area (Å²) in [6.45, 7) is 0.428. The molecule has 0 saturated carbocycles. The molecule has 0 aliphatic carbocycles. The summed E-state index contributed by atoms with van der Waals surface area (Å²) < 4.78 is 20.7. The Morgan fingerprint density at radius 3 is 2.22 bits per heavy atom. The molecule has 27 heavy (non-hydrogen) atoms. The third-order valence-corrected chi connectivity index (χ3v) is 3.75. The smallest absolute Gasteiger partial charge is 0.311 e. The maximum absolute atomic E-state index is 11.2. The lowest BCUT2D eigenvalue weighted by Crippen LogP contribution is -2.06. The van der Waals surface area contributed by atoms with Gasteiger partial charge in [-0.1, -0.05) is 6.07 Å². The lowest BCUT2D eigenvalue weighted by atomic mass is 10.1. The van der Waals surface area contributed by atoms with Crippen molar-refractivity contribution in [2.75, 3.05) is 28.4 Å². The molecule has 0 atom stereocenters. The van der Waals surface area contributed by atoms with Crippen LogP contribution < -0.4 is 24.4 Å². The van der Waals surface area contributed by atoms with Gasteiger partial charge in [0.15, 0.2) is 11.5 Å². The van der Waals surface area contributed by atoms with Gasteiger partial charge in [0.1, 0.15) is 5.75 Å². The molecule has 0 amide bonds. The van der Waals surface area contributed by atoms with Crippen molar-refractivity contribution in [2.24, 2.45) is 5.10 Å². The highest BCUT2D eigenvalue weighted by molar-refractivity contribution is 5.85. The van der Waals surface area contributed by atoms with E-state index < -0.39 is 4.92 Å². The normalized spacial score (nSPS) is 10.5. The molecule has 0 heterocycles. The Bertz CT molecular complexity index is 838. The molecule has 0 saturated heterocycles. The molecule has 0 unspecified atom stereocenters. The van der Waals surface area contributed by atoms with Gasteiger partial charge in [-0.15, -0.1) is 0 Å². The number of nitrogens with one attached hydrogen (secondary N) is 1. The minimum Gasteiger partial charge on any atom is -0.496 e. The Hall–Kier alpha value is -3.49. The highest BCUT2D eigenvalue weighted by atomic mass is 16.6. The number of nitrogens with zero attached hydrogens (tertiary/aromatic N) is 2. The second-order valence-electron chi connectivity index (χ2n) is 5.31. The van der Waals surface area contributed by atoms with E-state index in [4.69, 9.17) is 18.9 Å². The first-order valence-electron chi connectivity index (χ1n) is 7.91. The Morgan fingerprint density at radius 1 is 0.963 bits per heavy atom. The van der Waals surface area contributed by atoms with Gasteiger partial charge in [0.2, 0.25) is 5.75 Å². The van der Waals surface area contributed by atoms with Gasteiger partial charge in [-0.2, -0.15) is 5.10 Å². The van der Waals surface area contributed by atoms with Crippen molar-refractivity contribution in [1.82, 2.24) is 5.43 Å². The van der Waals surface area contributed by atoms with Crippen LogP contribution in [0.15, 0.2) is 35.4 Å². The van der Waals surface area contributed by atoms with Crippen molar-refractivity contribution in [3.05, 3.63) is 51.6 Å². The van der Waals surface area contributed by atoms with Gasteiger partial charge in [0, 0.05) is 17.7 Å². The summed E-state index contributed by atoms with van der Waals surface area (Å²) in [5, 5.41) is 15.3. The predicted octanol–water partition coefficient (Wildman–Crippen LogP) is 2.75. The summed E-state index contributed by atoms with van der Waals surface area (Å²) >= 11 is 0. The quantitative estimate of drug-likeness (QED) is 0.408. The lowest BCUT2D eigenvalue weighted by molar-refractivity contribution is -0.385. The first-order valence-corrected chi connectivity index (χ1v) is 7.91.